The monoisotopic (exact) mass is 276 g/mol. The molecule has 0 radical (unpaired) electrons. The van der Waals surface area contributed by atoms with Crippen molar-refractivity contribution in [2.75, 3.05) is 38.6 Å². The highest BCUT2D eigenvalue weighted by Crippen LogP contribution is 2.21. The van der Waals surface area contributed by atoms with Crippen LogP contribution in [0, 0.1) is 18.3 Å². The van der Waals surface area contributed by atoms with Crippen LogP contribution in [-0.4, -0.2) is 54.4 Å². The maximum Gasteiger partial charge on any atom is 0.226 e. The lowest BCUT2D eigenvalue weighted by atomic mass is 9.97. The molecule has 0 amide bonds. The molecule has 0 spiro atoms. The number of piperidine rings is 1. The van der Waals surface area contributed by atoms with E-state index in [2.05, 4.69) is 33.9 Å². The van der Waals surface area contributed by atoms with Gasteiger partial charge in [-0.25, -0.2) is 9.97 Å². The third-order valence-electron chi connectivity index (χ3n) is 3.64. The second-order valence-electron chi connectivity index (χ2n) is 5.80. The molecular formula is C14H24N6. The van der Waals surface area contributed by atoms with Gasteiger partial charge in [-0.2, -0.15) is 0 Å². The number of amidine groups is 1. The van der Waals surface area contributed by atoms with Crippen molar-refractivity contribution in [2.45, 2.75) is 19.8 Å². The molecule has 0 unspecified atom stereocenters. The zero-order valence-electron chi connectivity index (χ0n) is 12.6. The Labute approximate surface area is 120 Å². The molecule has 20 heavy (non-hydrogen) atoms. The minimum absolute atomic E-state index is 0.000700. The molecule has 0 aromatic carbocycles. The Hall–Kier alpha value is -1.69. The van der Waals surface area contributed by atoms with E-state index in [4.69, 9.17) is 11.1 Å². The smallest absolute Gasteiger partial charge is 0.226 e. The maximum atomic E-state index is 7.52. The van der Waals surface area contributed by atoms with Crippen molar-refractivity contribution in [1.82, 2.24) is 14.9 Å². The molecule has 110 valence electrons. The van der Waals surface area contributed by atoms with Crippen molar-refractivity contribution >= 4 is 11.8 Å². The molecule has 0 saturated carbocycles. The van der Waals surface area contributed by atoms with Crippen molar-refractivity contribution < 1.29 is 0 Å². The minimum atomic E-state index is -0.000700. The summed E-state index contributed by atoms with van der Waals surface area (Å²) in [6.45, 7) is 5.00. The first-order valence-electron chi connectivity index (χ1n) is 7.05. The summed E-state index contributed by atoms with van der Waals surface area (Å²) in [5.74, 6) is 1.45. The normalized spacial score (nSPS) is 16.7. The maximum absolute atomic E-state index is 7.52. The van der Waals surface area contributed by atoms with E-state index < -0.39 is 0 Å². The first kappa shape index (κ1) is 14.7. The summed E-state index contributed by atoms with van der Waals surface area (Å²) >= 11 is 0. The first-order valence-corrected chi connectivity index (χ1v) is 7.05. The Morgan fingerprint density at radius 2 is 2.05 bits per heavy atom. The van der Waals surface area contributed by atoms with Gasteiger partial charge in [-0.15, -0.1) is 0 Å². The van der Waals surface area contributed by atoms with Crippen LogP contribution in [0.2, 0.25) is 0 Å². The number of aryl methyl sites for hydroxylation is 1. The molecule has 2 heterocycles. The fraction of sp³-hybridized carbons (Fsp3) is 0.643. The predicted molar refractivity (Wildman–Crippen MR) is 81.3 cm³/mol. The van der Waals surface area contributed by atoms with Crippen LogP contribution in [-0.2, 0) is 0 Å². The van der Waals surface area contributed by atoms with Gasteiger partial charge < -0.3 is 15.5 Å². The minimum Gasteiger partial charge on any atom is -0.382 e. The van der Waals surface area contributed by atoms with Crippen LogP contribution in [0.15, 0.2) is 6.07 Å². The molecule has 0 atom stereocenters. The molecule has 1 aliphatic heterocycles. The molecule has 0 bridgehead atoms. The van der Waals surface area contributed by atoms with Crippen LogP contribution in [0.5, 0.6) is 0 Å². The van der Waals surface area contributed by atoms with E-state index in [9.17, 15) is 0 Å². The summed E-state index contributed by atoms with van der Waals surface area (Å²) in [6.07, 6.45) is 2.32. The zero-order chi connectivity index (χ0) is 14.7. The highest BCUT2D eigenvalue weighted by molar-refractivity contribution is 5.93. The summed E-state index contributed by atoms with van der Waals surface area (Å²) in [4.78, 5) is 13.3. The fourth-order valence-electron chi connectivity index (χ4n) is 2.66. The molecule has 0 aliphatic carbocycles. The van der Waals surface area contributed by atoms with Crippen LogP contribution in [0.4, 0.5) is 5.95 Å². The molecule has 1 fully saturated rings. The van der Waals surface area contributed by atoms with Crippen molar-refractivity contribution in [3.63, 3.8) is 0 Å². The molecule has 3 N–H and O–H groups in total. The number of nitrogen functional groups attached to an aromatic ring is 1. The number of anilines is 1. The third-order valence-corrected chi connectivity index (χ3v) is 3.64. The highest BCUT2D eigenvalue weighted by Gasteiger charge is 2.22. The molecule has 1 aliphatic rings. The topological polar surface area (TPSA) is 82.1 Å². The van der Waals surface area contributed by atoms with E-state index in [1.165, 1.54) is 0 Å². The number of nitrogens with two attached hydrogens (primary N) is 1. The summed E-state index contributed by atoms with van der Waals surface area (Å²) in [7, 11) is 4.24. The van der Waals surface area contributed by atoms with Gasteiger partial charge in [0.1, 0.15) is 11.5 Å². The Balaban J connectivity index is 2.05. The van der Waals surface area contributed by atoms with Gasteiger partial charge in [0.15, 0.2) is 0 Å². The van der Waals surface area contributed by atoms with E-state index in [0.717, 1.165) is 44.1 Å². The Morgan fingerprint density at radius 1 is 1.40 bits per heavy atom. The van der Waals surface area contributed by atoms with E-state index in [1.54, 1.807) is 6.07 Å². The van der Waals surface area contributed by atoms with E-state index >= 15 is 0 Å². The van der Waals surface area contributed by atoms with Crippen molar-refractivity contribution in [3.05, 3.63) is 17.5 Å². The van der Waals surface area contributed by atoms with Crippen LogP contribution in [0.25, 0.3) is 0 Å². The average molecular weight is 276 g/mol. The number of rotatable bonds is 4. The Bertz CT molecular complexity index is 477. The SMILES string of the molecule is Cc1cc(C(=N)N)nc(N2CCC(CN(C)C)CC2)n1. The van der Waals surface area contributed by atoms with Crippen molar-refractivity contribution in [2.24, 2.45) is 11.7 Å². The Kier molecular flexibility index (Phi) is 4.54. The summed E-state index contributed by atoms with van der Waals surface area (Å²) < 4.78 is 0. The highest BCUT2D eigenvalue weighted by atomic mass is 15.3. The quantitative estimate of drug-likeness (QED) is 0.629. The predicted octanol–water partition coefficient (Wildman–Crippen LogP) is 0.847. The number of nitrogens with zero attached hydrogens (tertiary/aromatic N) is 4. The summed E-state index contributed by atoms with van der Waals surface area (Å²) in [6, 6.07) is 1.75. The van der Waals surface area contributed by atoms with Gasteiger partial charge in [-0.3, -0.25) is 5.41 Å². The largest absolute Gasteiger partial charge is 0.382 e. The lowest BCUT2D eigenvalue weighted by molar-refractivity contribution is 0.284. The molecular weight excluding hydrogens is 252 g/mol. The number of aromatic nitrogens is 2. The van der Waals surface area contributed by atoms with Crippen LogP contribution in [0.1, 0.15) is 24.2 Å². The average Bonchev–Trinajstić information content (AvgIpc) is 2.38. The molecule has 1 saturated heterocycles. The van der Waals surface area contributed by atoms with Gasteiger partial charge in [0.05, 0.1) is 0 Å². The molecule has 6 nitrogen and oxygen atoms in total. The summed E-state index contributed by atoms with van der Waals surface area (Å²) in [5, 5.41) is 7.52. The van der Waals surface area contributed by atoms with Crippen molar-refractivity contribution in [3.8, 4) is 0 Å². The lowest BCUT2D eigenvalue weighted by Crippen LogP contribution is -2.38. The van der Waals surface area contributed by atoms with Gasteiger partial charge in [-0.05, 0) is 45.8 Å². The van der Waals surface area contributed by atoms with E-state index in [1.807, 2.05) is 6.92 Å². The number of hydrogen-bond acceptors (Lipinski definition) is 5. The second-order valence-corrected chi connectivity index (χ2v) is 5.80. The third kappa shape index (κ3) is 3.66. The summed E-state index contributed by atoms with van der Waals surface area (Å²) in [5.41, 5.74) is 6.90. The van der Waals surface area contributed by atoms with E-state index in [0.29, 0.717) is 11.6 Å². The number of nitrogens with one attached hydrogen (secondary N) is 1. The molecule has 1 aromatic rings. The van der Waals surface area contributed by atoms with E-state index in [-0.39, 0.29) is 5.84 Å². The molecule has 6 heteroatoms. The van der Waals surface area contributed by atoms with Gasteiger partial charge in [0.2, 0.25) is 5.95 Å². The standard InChI is InChI=1S/C14H24N6/c1-10-8-12(13(15)16)18-14(17-10)20-6-4-11(5-7-20)9-19(2)3/h8,11H,4-7,9H2,1-3H3,(H3,15,16). The van der Waals surface area contributed by atoms with Gasteiger partial charge in [0, 0.05) is 25.3 Å². The first-order chi connectivity index (χ1) is 9.45. The zero-order valence-corrected chi connectivity index (χ0v) is 12.6. The van der Waals surface area contributed by atoms with Crippen LogP contribution >= 0.6 is 0 Å². The van der Waals surface area contributed by atoms with Crippen LogP contribution < -0.4 is 10.6 Å². The van der Waals surface area contributed by atoms with Gasteiger partial charge in [0.25, 0.3) is 0 Å². The Morgan fingerprint density at radius 3 is 2.60 bits per heavy atom. The number of hydrogen-bond donors (Lipinski definition) is 2. The van der Waals surface area contributed by atoms with Gasteiger partial charge >= 0.3 is 0 Å². The van der Waals surface area contributed by atoms with Crippen molar-refractivity contribution in [1.29, 1.82) is 5.41 Å². The molecule has 1 aromatic heterocycles. The fourth-order valence-corrected chi connectivity index (χ4v) is 2.66. The van der Waals surface area contributed by atoms with Gasteiger partial charge in [-0.1, -0.05) is 0 Å². The van der Waals surface area contributed by atoms with Crippen LogP contribution in [0.3, 0.4) is 0 Å². The lowest BCUT2D eigenvalue weighted by Gasteiger charge is -2.33. The second kappa shape index (κ2) is 6.17. The molecule has 2 rings (SSSR count).